The van der Waals surface area contributed by atoms with Gasteiger partial charge in [-0.1, -0.05) is 16.9 Å². The largest absolute Gasteiger partial charge is 0.461 e. The molecule has 0 spiro atoms. The lowest BCUT2D eigenvalue weighted by atomic mass is 9.99. The number of aromatic nitrogens is 2. The van der Waals surface area contributed by atoms with Gasteiger partial charge < -0.3 is 14.7 Å². The number of hydrogen-bond donors (Lipinski definition) is 1. The Bertz CT molecular complexity index is 673. The topological polar surface area (TPSA) is 103 Å². The van der Waals surface area contributed by atoms with Gasteiger partial charge in [-0.3, -0.25) is 9.36 Å². The van der Waals surface area contributed by atoms with E-state index in [-0.39, 0.29) is 24.4 Å². The standard InChI is InChI=1S/C14H19N3O5S/c1-4-21-13(20)10-9(12(19)22-16-10)5-6-17-11(18)8(2)7-15-14(17)23-3/h7,9,12,19H,4-6H2,1-3H3. The van der Waals surface area contributed by atoms with Crippen molar-refractivity contribution >= 4 is 23.4 Å². The fourth-order valence-corrected chi connectivity index (χ4v) is 2.82. The summed E-state index contributed by atoms with van der Waals surface area (Å²) in [4.78, 5) is 33.1. The van der Waals surface area contributed by atoms with Crippen LogP contribution in [0.15, 0.2) is 21.3 Å². The zero-order valence-electron chi connectivity index (χ0n) is 13.2. The van der Waals surface area contributed by atoms with Crippen LogP contribution >= 0.6 is 11.8 Å². The van der Waals surface area contributed by atoms with Gasteiger partial charge in [-0.2, -0.15) is 0 Å². The van der Waals surface area contributed by atoms with Crippen LogP contribution in [0.5, 0.6) is 0 Å². The highest BCUT2D eigenvalue weighted by Crippen LogP contribution is 2.22. The van der Waals surface area contributed by atoms with E-state index in [9.17, 15) is 14.7 Å². The SMILES string of the molecule is CCOC(=O)C1=NOC(O)C1CCn1c(SC)ncc(C)c1=O. The minimum Gasteiger partial charge on any atom is -0.461 e. The minimum atomic E-state index is -1.22. The number of aliphatic hydroxyl groups is 1. The first-order chi connectivity index (χ1) is 11.0. The van der Waals surface area contributed by atoms with Crippen LogP contribution in [0.2, 0.25) is 0 Å². The van der Waals surface area contributed by atoms with E-state index >= 15 is 0 Å². The van der Waals surface area contributed by atoms with Gasteiger partial charge in [0.25, 0.3) is 5.56 Å². The molecule has 2 unspecified atom stereocenters. The molecule has 1 N–H and O–H groups in total. The van der Waals surface area contributed by atoms with Crippen molar-refractivity contribution in [1.29, 1.82) is 0 Å². The number of carbonyl (C=O) groups is 1. The van der Waals surface area contributed by atoms with E-state index in [0.29, 0.717) is 17.1 Å². The number of esters is 1. The number of aliphatic hydroxyl groups excluding tert-OH is 1. The quantitative estimate of drug-likeness (QED) is 0.458. The zero-order chi connectivity index (χ0) is 17.0. The monoisotopic (exact) mass is 341 g/mol. The van der Waals surface area contributed by atoms with E-state index in [0.717, 1.165) is 0 Å². The summed E-state index contributed by atoms with van der Waals surface area (Å²) in [5, 5.41) is 14.0. The molecule has 0 saturated heterocycles. The van der Waals surface area contributed by atoms with E-state index in [1.165, 1.54) is 22.5 Å². The maximum atomic E-state index is 12.2. The minimum absolute atomic E-state index is 0.0405. The summed E-state index contributed by atoms with van der Waals surface area (Å²) in [6.07, 6.45) is 2.44. The van der Waals surface area contributed by atoms with E-state index in [2.05, 4.69) is 10.1 Å². The molecule has 0 aromatic carbocycles. The van der Waals surface area contributed by atoms with Crippen LogP contribution in [0, 0.1) is 12.8 Å². The van der Waals surface area contributed by atoms with Gasteiger partial charge in [-0.25, -0.2) is 9.78 Å². The van der Waals surface area contributed by atoms with Crippen molar-refractivity contribution < 1.29 is 19.5 Å². The lowest BCUT2D eigenvalue weighted by Gasteiger charge is -2.16. The molecule has 1 aliphatic heterocycles. The van der Waals surface area contributed by atoms with Gasteiger partial charge in [0.2, 0.25) is 6.29 Å². The lowest BCUT2D eigenvalue weighted by Crippen LogP contribution is -2.33. The van der Waals surface area contributed by atoms with Gasteiger partial charge in [0.15, 0.2) is 10.9 Å². The molecule has 23 heavy (non-hydrogen) atoms. The molecule has 2 heterocycles. The second kappa shape index (κ2) is 7.60. The molecule has 126 valence electrons. The molecule has 0 aliphatic carbocycles. The van der Waals surface area contributed by atoms with Crippen molar-refractivity contribution in [3.05, 3.63) is 22.1 Å². The maximum absolute atomic E-state index is 12.2. The van der Waals surface area contributed by atoms with Crippen LogP contribution in [-0.2, 0) is 20.9 Å². The summed E-state index contributed by atoms with van der Waals surface area (Å²) in [6.45, 7) is 3.86. The molecule has 0 saturated carbocycles. The predicted octanol–water partition coefficient (Wildman–Crippen LogP) is 0.548. The molecule has 2 rings (SSSR count). The average Bonchev–Trinajstić information content (AvgIpc) is 2.90. The van der Waals surface area contributed by atoms with Crippen molar-refractivity contribution in [3.8, 4) is 0 Å². The number of hydrogen-bond acceptors (Lipinski definition) is 8. The fraction of sp³-hybridized carbons (Fsp3) is 0.571. The van der Waals surface area contributed by atoms with E-state index in [1.54, 1.807) is 13.8 Å². The molecule has 0 fully saturated rings. The first-order valence-electron chi connectivity index (χ1n) is 7.18. The van der Waals surface area contributed by atoms with Crippen LogP contribution < -0.4 is 5.56 Å². The van der Waals surface area contributed by atoms with Crippen LogP contribution in [0.1, 0.15) is 18.9 Å². The van der Waals surface area contributed by atoms with Crippen molar-refractivity contribution in [2.45, 2.75) is 38.3 Å². The van der Waals surface area contributed by atoms with Crippen molar-refractivity contribution in [2.24, 2.45) is 11.1 Å². The Morgan fingerprint density at radius 2 is 2.30 bits per heavy atom. The Morgan fingerprint density at radius 3 is 2.96 bits per heavy atom. The van der Waals surface area contributed by atoms with Gasteiger partial charge >= 0.3 is 5.97 Å². The first-order valence-corrected chi connectivity index (χ1v) is 8.41. The lowest BCUT2D eigenvalue weighted by molar-refractivity contribution is -0.135. The Morgan fingerprint density at radius 1 is 1.57 bits per heavy atom. The van der Waals surface area contributed by atoms with E-state index in [4.69, 9.17) is 9.57 Å². The molecule has 9 heteroatoms. The normalized spacial score (nSPS) is 20.1. The summed E-state index contributed by atoms with van der Waals surface area (Å²) in [5.41, 5.74) is 0.427. The number of oxime groups is 1. The third kappa shape index (κ3) is 3.73. The Hall–Kier alpha value is -1.87. The Labute approximate surface area is 137 Å². The molecule has 2 atom stereocenters. The third-order valence-corrected chi connectivity index (χ3v) is 4.16. The summed E-state index contributed by atoms with van der Waals surface area (Å²) in [6, 6.07) is 0. The van der Waals surface area contributed by atoms with Gasteiger partial charge in [-0.05, 0) is 26.5 Å². The summed E-state index contributed by atoms with van der Waals surface area (Å²) >= 11 is 1.35. The number of ether oxygens (including phenoxy) is 1. The smallest absolute Gasteiger partial charge is 0.356 e. The number of nitrogens with zero attached hydrogens (tertiary/aromatic N) is 3. The molecular weight excluding hydrogens is 322 g/mol. The van der Waals surface area contributed by atoms with Crippen molar-refractivity contribution in [3.63, 3.8) is 0 Å². The highest BCUT2D eigenvalue weighted by Gasteiger charge is 2.37. The molecule has 0 amide bonds. The van der Waals surface area contributed by atoms with Gasteiger partial charge in [0.1, 0.15) is 0 Å². The highest BCUT2D eigenvalue weighted by molar-refractivity contribution is 7.98. The van der Waals surface area contributed by atoms with Crippen LogP contribution in [0.4, 0.5) is 0 Å². The van der Waals surface area contributed by atoms with Crippen molar-refractivity contribution in [2.75, 3.05) is 12.9 Å². The van der Waals surface area contributed by atoms with Crippen LogP contribution in [0.25, 0.3) is 0 Å². The van der Waals surface area contributed by atoms with Gasteiger partial charge in [-0.15, -0.1) is 0 Å². The van der Waals surface area contributed by atoms with E-state index < -0.39 is 18.2 Å². The number of carbonyl (C=O) groups excluding carboxylic acids is 1. The van der Waals surface area contributed by atoms with Crippen LogP contribution in [0.3, 0.4) is 0 Å². The molecule has 1 aliphatic rings. The fourth-order valence-electron chi connectivity index (χ4n) is 2.26. The summed E-state index contributed by atoms with van der Waals surface area (Å²) < 4.78 is 6.42. The number of thioether (sulfide) groups is 1. The third-order valence-electron chi connectivity index (χ3n) is 3.47. The molecule has 0 radical (unpaired) electrons. The van der Waals surface area contributed by atoms with Crippen molar-refractivity contribution in [1.82, 2.24) is 9.55 Å². The molecular formula is C14H19N3O5S. The maximum Gasteiger partial charge on any atom is 0.356 e. The second-order valence-corrected chi connectivity index (χ2v) is 5.75. The second-order valence-electron chi connectivity index (χ2n) is 4.97. The van der Waals surface area contributed by atoms with Gasteiger partial charge in [0.05, 0.1) is 12.5 Å². The Kier molecular flexibility index (Phi) is 5.78. The predicted molar refractivity (Wildman–Crippen MR) is 84.3 cm³/mol. The summed E-state index contributed by atoms with van der Waals surface area (Å²) in [5.74, 6) is -1.26. The number of rotatable bonds is 6. The molecule has 1 aromatic heterocycles. The van der Waals surface area contributed by atoms with E-state index in [1.807, 2.05) is 6.26 Å². The molecule has 0 bridgehead atoms. The zero-order valence-corrected chi connectivity index (χ0v) is 14.0. The van der Waals surface area contributed by atoms with Gasteiger partial charge in [0, 0.05) is 18.3 Å². The number of aryl methyl sites for hydroxylation is 1. The molecule has 8 nitrogen and oxygen atoms in total. The highest BCUT2D eigenvalue weighted by atomic mass is 32.2. The summed E-state index contributed by atoms with van der Waals surface area (Å²) in [7, 11) is 0. The average molecular weight is 341 g/mol. The Balaban J connectivity index is 2.17. The first kappa shape index (κ1) is 17.5. The molecule has 1 aromatic rings. The van der Waals surface area contributed by atoms with Crippen LogP contribution in [-0.4, -0.2) is 45.5 Å².